The highest BCUT2D eigenvalue weighted by atomic mass is 16.3. The lowest BCUT2D eigenvalue weighted by atomic mass is 10.0. The van der Waals surface area contributed by atoms with Crippen molar-refractivity contribution in [2.45, 2.75) is 12.6 Å². The van der Waals surface area contributed by atoms with E-state index in [1.54, 1.807) is 18.5 Å². The summed E-state index contributed by atoms with van der Waals surface area (Å²) in [4.78, 5) is 8.85. The third-order valence-electron chi connectivity index (χ3n) is 4.41. The molecular weight excluding hydrogens is 322 g/mol. The average Bonchev–Trinajstić information content (AvgIpc) is 2.70. The van der Waals surface area contributed by atoms with Crippen molar-refractivity contribution in [2.75, 3.05) is 0 Å². The van der Waals surface area contributed by atoms with Crippen LogP contribution < -0.4 is 5.32 Å². The molecule has 0 saturated heterocycles. The SMILES string of the molecule is Oc1cccc2ccc(C(NCc3ccccc3)c3ccncc3)nc12. The van der Waals surface area contributed by atoms with Gasteiger partial charge in [-0.3, -0.25) is 4.98 Å². The number of benzene rings is 2. The van der Waals surface area contributed by atoms with Gasteiger partial charge < -0.3 is 10.4 Å². The predicted molar refractivity (Wildman–Crippen MR) is 103 cm³/mol. The van der Waals surface area contributed by atoms with Crippen molar-refractivity contribution in [3.63, 3.8) is 0 Å². The zero-order valence-electron chi connectivity index (χ0n) is 14.2. The lowest BCUT2D eigenvalue weighted by Crippen LogP contribution is -2.23. The molecule has 4 nitrogen and oxygen atoms in total. The highest BCUT2D eigenvalue weighted by molar-refractivity contribution is 5.84. The summed E-state index contributed by atoms with van der Waals surface area (Å²) in [6.45, 7) is 0.717. The molecule has 0 amide bonds. The van der Waals surface area contributed by atoms with Gasteiger partial charge >= 0.3 is 0 Å². The monoisotopic (exact) mass is 341 g/mol. The van der Waals surface area contributed by atoms with Crippen LogP contribution in [0.15, 0.2) is 85.2 Å². The molecule has 0 saturated carbocycles. The minimum absolute atomic E-state index is 0.0952. The van der Waals surface area contributed by atoms with Crippen LogP contribution in [0.5, 0.6) is 5.75 Å². The standard InChI is InChI=1S/C22H19N3O/c26-20-8-4-7-17-9-10-19(25-22(17)20)21(18-11-13-23-14-12-18)24-15-16-5-2-1-3-6-16/h1-14,21,24,26H,15H2. The molecule has 2 aromatic carbocycles. The Morgan fingerprint density at radius 2 is 1.65 bits per heavy atom. The summed E-state index contributed by atoms with van der Waals surface area (Å²) >= 11 is 0. The fraction of sp³-hybridized carbons (Fsp3) is 0.0909. The summed E-state index contributed by atoms with van der Waals surface area (Å²) in [6, 6.07) is 23.6. The lowest BCUT2D eigenvalue weighted by molar-refractivity contribution is 0.480. The topological polar surface area (TPSA) is 58.0 Å². The van der Waals surface area contributed by atoms with Gasteiger partial charge in [0.2, 0.25) is 0 Å². The Morgan fingerprint density at radius 1 is 0.846 bits per heavy atom. The Morgan fingerprint density at radius 3 is 2.46 bits per heavy atom. The molecule has 0 fully saturated rings. The van der Waals surface area contributed by atoms with E-state index in [0.717, 1.165) is 16.6 Å². The van der Waals surface area contributed by atoms with Crippen LogP contribution in [0.1, 0.15) is 22.9 Å². The van der Waals surface area contributed by atoms with Crippen molar-refractivity contribution in [3.05, 3.63) is 102 Å². The van der Waals surface area contributed by atoms with Gasteiger partial charge in [0, 0.05) is 24.3 Å². The van der Waals surface area contributed by atoms with Crippen LogP contribution in [0.25, 0.3) is 10.9 Å². The molecule has 0 radical (unpaired) electrons. The minimum atomic E-state index is -0.0952. The second kappa shape index (κ2) is 7.33. The molecule has 2 heterocycles. The van der Waals surface area contributed by atoms with E-state index < -0.39 is 0 Å². The zero-order valence-corrected chi connectivity index (χ0v) is 14.2. The first-order valence-electron chi connectivity index (χ1n) is 8.57. The molecule has 4 rings (SSSR count). The molecule has 0 aliphatic rings. The van der Waals surface area contributed by atoms with Crippen molar-refractivity contribution >= 4 is 10.9 Å². The van der Waals surface area contributed by atoms with Gasteiger partial charge in [0.25, 0.3) is 0 Å². The van der Waals surface area contributed by atoms with Crippen LogP contribution >= 0.6 is 0 Å². The Hall–Kier alpha value is -3.24. The van der Waals surface area contributed by atoms with E-state index in [4.69, 9.17) is 4.98 Å². The molecule has 4 heteroatoms. The third-order valence-corrected chi connectivity index (χ3v) is 4.41. The number of fused-ring (bicyclic) bond motifs is 1. The maximum atomic E-state index is 10.2. The van der Waals surface area contributed by atoms with E-state index in [1.807, 2.05) is 54.6 Å². The quantitative estimate of drug-likeness (QED) is 0.571. The Labute approximate surface area is 152 Å². The van der Waals surface area contributed by atoms with Crippen molar-refractivity contribution in [2.24, 2.45) is 0 Å². The molecule has 2 N–H and O–H groups in total. The Kier molecular flexibility index (Phi) is 4.58. The van der Waals surface area contributed by atoms with E-state index in [0.29, 0.717) is 12.1 Å². The van der Waals surface area contributed by atoms with Gasteiger partial charge in [0.15, 0.2) is 0 Å². The molecule has 0 bridgehead atoms. The van der Waals surface area contributed by atoms with Gasteiger partial charge in [-0.05, 0) is 35.4 Å². The minimum Gasteiger partial charge on any atom is -0.506 e. The number of nitrogens with zero attached hydrogens (tertiary/aromatic N) is 2. The number of nitrogens with one attached hydrogen (secondary N) is 1. The number of hydrogen-bond acceptors (Lipinski definition) is 4. The maximum Gasteiger partial charge on any atom is 0.141 e. The van der Waals surface area contributed by atoms with Gasteiger partial charge in [-0.1, -0.05) is 48.5 Å². The van der Waals surface area contributed by atoms with E-state index in [1.165, 1.54) is 5.56 Å². The van der Waals surface area contributed by atoms with Crippen molar-refractivity contribution in [1.82, 2.24) is 15.3 Å². The summed E-state index contributed by atoms with van der Waals surface area (Å²) in [6.07, 6.45) is 3.57. The maximum absolute atomic E-state index is 10.2. The molecule has 4 aromatic rings. The molecule has 0 aliphatic carbocycles. The van der Waals surface area contributed by atoms with Gasteiger partial charge in [0.1, 0.15) is 11.3 Å². The first-order chi connectivity index (χ1) is 12.8. The van der Waals surface area contributed by atoms with E-state index in [2.05, 4.69) is 22.4 Å². The summed E-state index contributed by atoms with van der Waals surface area (Å²) in [7, 11) is 0. The van der Waals surface area contributed by atoms with Gasteiger partial charge in [-0.15, -0.1) is 0 Å². The summed E-state index contributed by atoms with van der Waals surface area (Å²) in [5.41, 5.74) is 3.76. The molecule has 1 unspecified atom stereocenters. The first-order valence-corrected chi connectivity index (χ1v) is 8.57. The van der Waals surface area contributed by atoms with Crippen LogP contribution in [0, 0.1) is 0 Å². The molecular formula is C22H19N3O. The number of aromatic nitrogens is 2. The number of rotatable bonds is 5. The van der Waals surface area contributed by atoms with Gasteiger partial charge in [-0.25, -0.2) is 4.98 Å². The highest BCUT2D eigenvalue weighted by Crippen LogP contribution is 2.27. The largest absolute Gasteiger partial charge is 0.506 e. The lowest BCUT2D eigenvalue weighted by Gasteiger charge is -2.19. The molecule has 128 valence electrons. The summed E-state index contributed by atoms with van der Waals surface area (Å²) < 4.78 is 0. The van der Waals surface area contributed by atoms with Crippen LogP contribution in [0.2, 0.25) is 0 Å². The Bertz CT molecular complexity index is 1000. The molecule has 26 heavy (non-hydrogen) atoms. The fourth-order valence-electron chi connectivity index (χ4n) is 3.07. The molecule has 0 aliphatic heterocycles. The van der Waals surface area contributed by atoms with E-state index in [-0.39, 0.29) is 11.8 Å². The second-order valence-electron chi connectivity index (χ2n) is 6.17. The summed E-state index contributed by atoms with van der Waals surface area (Å²) in [5, 5.41) is 14.7. The predicted octanol–water partition coefficient (Wildman–Crippen LogP) is 4.21. The average molecular weight is 341 g/mol. The van der Waals surface area contributed by atoms with Crippen LogP contribution in [-0.4, -0.2) is 15.1 Å². The van der Waals surface area contributed by atoms with Crippen molar-refractivity contribution in [1.29, 1.82) is 0 Å². The van der Waals surface area contributed by atoms with Crippen LogP contribution in [0.4, 0.5) is 0 Å². The van der Waals surface area contributed by atoms with Crippen LogP contribution in [0.3, 0.4) is 0 Å². The number of pyridine rings is 2. The van der Waals surface area contributed by atoms with Crippen molar-refractivity contribution in [3.8, 4) is 5.75 Å². The number of hydrogen-bond donors (Lipinski definition) is 2. The normalized spacial score (nSPS) is 12.2. The Balaban J connectivity index is 1.71. The van der Waals surface area contributed by atoms with Gasteiger partial charge in [0.05, 0.1) is 11.7 Å². The molecule has 2 aromatic heterocycles. The number of phenols is 1. The number of para-hydroxylation sites is 1. The molecule has 0 spiro atoms. The molecule has 1 atom stereocenters. The highest BCUT2D eigenvalue weighted by Gasteiger charge is 2.16. The first kappa shape index (κ1) is 16.2. The third kappa shape index (κ3) is 3.41. The van der Waals surface area contributed by atoms with E-state index >= 15 is 0 Å². The smallest absolute Gasteiger partial charge is 0.141 e. The van der Waals surface area contributed by atoms with Crippen LogP contribution in [-0.2, 0) is 6.54 Å². The number of phenolic OH excluding ortho intramolecular Hbond substituents is 1. The zero-order chi connectivity index (χ0) is 17.8. The van der Waals surface area contributed by atoms with E-state index in [9.17, 15) is 5.11 Å². The summed E-state index contributed by atoms with van der Waals surface area (Å²) in [5.74, 6) is 0.195. The van der Waals surface area contributed by atoms with Crippen molar-refractivity contribution < 1.29 is 5.11 Å². The number of aromatic hydroxyl groups is 1. The fourth-order valence-corrected chi connectivity index (χ4v) is 3.07. The van der Waals surface area contributed by atoms with Gasteiger partial charge in [-0.2, -0.15) is 0 Å². The second-order valence-corrected chi connectivity index (χ2v) is 6.17.